The number of nitrogens with one attached hydrogen (secondary N) is 1. The third-order valence-electron chi connectivity index (χ3n) is 7.08. The zero-order valence-corrected chi connectivity index (χ0v) is 21.1. The highest BCUT2D eigenvalue weighted by Crippen LogP contribution is 2.27. The number of carbonyl (C=O) groups is 1. The molecule has 0 spiro atoms. The van der Waals surface area contributed by atoms with Gasteiger partial charge in [0.15, 0.2) is 0 Å². The van der Waals surface area contributed by atoms with E-state index in [1.54, 1.807) is 17.2 Å². The molecular formula is C26H38N6O2. The van der Waals surface area contributed by atoms with E-state index in [2.05, 4.69) is 84.2 Å². The summed E-state index contributed by atoms with van der Waals surface area (Å²) < 4.78 is 5.27. The van der Waals surface area contributed by atoms with Crippen LogP contribution in [-0.4, -0.2) is 71.7 Å². The van der Waals surface area contributed by atoms with E-state index in [-0.39, 0.29) is 24.1 Å². The Morgan fingerprint density at radius 3 is 2.47 bits per heavy atom. The van der Waals surface area contributed by atoms with Crippen molar-refractivity contribution in [2.24, 2.45) is 5.92 Å². The van der Waals surface area contributed by atoms with Gasteiger partial charge in [0.2, 0.25) is 5.95 Å². The molecule has 0 radical (unpaired) electrons. The number of cyclic esters (lactones) is 1. The summed E-state index contributed by atoms with van der Waals surface area (Å²) >= 11 is 0. The van der Waals surface area contributed by atoms with Crippen LogP contribution >= 0.6 is 0 Å². The maximum Gasteiger partial charge on any atom is 0.415 e. The second-order valence-electron chi connectivity index (χ2n) is 10.1. The van der Waals surface area contributed by atoms with Crippen LogP contribution in [0.4, 0.5) is 16.6 Å². The van der Waals surface area contributed by atoms with Crippen LogP contribution in [0.3, 0.4) is 0 Å². The molecule has 8 heteroatoms. The Morgan fingerprint density at radius 1 is 1.12 bits per heavy atom. The number of amides is 1. The minimum Gasteiger partial charge on any atom is -0.447 e. The third kappa shape index (κ3) is 5.67. The first kappa shape index (κ1) is 24.4. The molecule has 2 saturated heterocycles. The topological polar surface area (TPSA) is 73.8 Å². The quantitative estimate of drug-likeness (QED) is 0.626. The van der Waals surface area contributed by atoms with Gasteiger partial charge in [-0.2, -0.15) is 4.98 Å². The molecule has 0 aliphatic carbocycles. The molecule has 1 unspecified atom stereocenters. The Morgan fingerprint density at radius 2 is 1.82 bits per heavy atom. The second kappa shape index (κ2) is 10.7. The first-order valence-electron chi connectivity index (χ1n) is 12.3. The Bertz CT molecular complexity index is 956. The predicted octanol–water partition coefficient (Wildman–Crippen LogP) is 4.16. The van der Waals surface area contributed by atoms with E-state index in [9.17, 15) is 4.79 Å². The molecule has 1 N–H and O–H groups in total. The highest BCUT2D eigenvalue weighted by molar-refractivity contribution is 5.89. The summed E-state index contributed by atoms with van der Waals surface area (Å²) in [6.07, 6.45) is 3.80. The average molecular weight is 467 g/mol. The van der Waals surface area contributed by atoms with Crippen LogP contribution < -0.4 is 10.2 Å². The van der Waals surface area contributed by atoms with Crippen molar-refractivity contribution >= 4 is 17.9 Å². The van der Waals surface area contributed by atoms with E-state index in [0.29, 0.717) is 24.4 Å². The van der Waals surface area contributed by atoms with Gasteiger partial charge >= 0.3 is 6.09 Å². The lowest BCUT2D eigenvalue weighted by Gasteiger charge is -2.35. The first-order chi connectivity index (χ1) is 16.3. The zero-order chi connectivity index (χ0) is 24.2. The lowest BCUT2D eigenvalue weighted by Crippen LogP contribution is -2.41. The van der Waals surface area contributed by atoms with Crippen molar-refractivity contribution in [2.75, 3.05) is 44.0 Å². The van der Waals surface area contributed by atoms with Crippen molar-refractivity contribution in [3.63, 3.8) is 0 Å². The number of benzene rings is 1. The van der Waals surface area contributed by atoms with Gasteiger partial charge in [0.1, 0.15) is 12.4 Å². The van der Waals surface area contributed by atoms with E-state index < -0.39 is 0 Å². The molecule has 2 atom stereocenters. The summed E-state index contributed by atoms with van der Waals surface area (Å²) in [5, 5.41) is 3.38. The molecule has 3 heterocycles. The van der Waals surface area contributed by atoms with Gasteiger partial charge in [-0.15, -0.1) is 0 Å². The van der Waals surface area contributed by atoms with Gasteiger partial charge in [-0.05, 0) is 70.1 Å². The highest BCUT2D eigenvalue weighted by Gasteiger charge is 2.37. The second-order valence-corrected chi connectivity index (χ2v) is 10.1. The van der Waals surface area contributed by atoms with Gasteiger partial charge in [-0.1, -0.05) is 38.1 Å². The maximum atomic E-state index is 12.3. The Balaban J connectivity index is 1.36. The van der Waals surface area contributed by atoms with E-state index in [4.69, 9.17) is 4.74 Å². The monoisotopic (exact) mass is 466 g/mol. The third-order valence-corrected chi connectivity index (χ3v) is 7.08. The Kier molecular flexibility index (Phi) is 7.68. The van der Waals surface area contributed by atoms with Gasteiger partial charge in [0.05, 0.1) is 12.1 Å². The van der Waals surface area contributed by atoms with Crippen molar-refractivity contribution in [1.82, 2.24) is 19.8 Å². The average Bonchev–Trinajstić information content (AvgIpc) is 3.22. The first-order valence-corrected chi connectivity index (χ1v) is 12.3. The zero-order valence-electron chi connectivity index (χ0n) is 21.1. The normalized spacial score (nSPS) is 20.7. The van der Waals surface area contributed by atoms with Crippen LogP contribution in [0, 0.1) is 5.92 Å². The van der Waals surface area contributed by atoms with Crippen molar-refractivity contribution in [3.8, 4) is 0 Å². The minimum atomic E-state index is -0.349. The number of piperidine rings is 1. The molecule has 0 bridgehead atoms. The van der Waals surface area contributed by atoms with E-state index >= 15 is 0 Å². The number of hydrogen-bond donors (Lipinski definition) is 1. The molecule has 184 valence electrons. The van der Waals surface area contributed by atoms with Crippen LogP contribution in [0.1, 0.15) is 50.8 Å². The number of aromatic nitrogens is 2. The molecule has 2 aliphatic heterocycles. The standard InChI is InChI=1S/C26H38N6O2/c1-18(2)23-17-34-26(33)32(23)24-10-13-27-25(29-24)28-19(3)21-8-6-20(7-9-21)16-31-14-11-22(12-15-31)30(4)5/h6-10,13,18-19,22-23H,11-12,14-17H2,1-5H3,(H,27,28,29)/t19-,23?/m0/s1. The van der Waals surface area contributed by atoms with Crippen molar-refractivity contribution in [3.05, 3.63) is 47.7 Å². The fraction of sp³-hybridized carbons (Fsp3) is 0.577. The molecule has 0 saturated carbocycles. The number of nitrogens with zero attached hydrogens (tertiary/aromatic N) is 5. The summed E-state index contributed by atoms with van der Waals surface area (Å²) in [5.41, 5.74) is 2.51. The summed E-state index contributed by atoms with van der Waals surface area (Å²) in [7, 11) is 4.36. The lowest BCUT2D eigenvalue weighted by molar-refractivity contribution is 0.140. The summed E-state index contributed by atoms with van der Waals surface area (Å²) in [5.74, 6) is 1.34. The molecule has 1 amide bonds. The maximum absolute atomic E-state index is 12.3. The number of ether oxygens (including phenoxy) is 1. The van der Waals surface area contributed by atoms with E-state index in [1.807, 2.05) is 0 Å². The smallest absolute Gasteiger partial charge is 0.415 e. The van der Waals surface area contributed by atoms with Gasteiger partial charge in [-0.3, -0.25) is 9.80 Å². The van der Waals surface area contributed by atoms with Gasteiger partial charge < -0.3 is 15.0 Å². The predicted molar refractivity (Wildman–Crippen MR) is 135 cm³/mol. The molecule has 2 aliphatic rings. The van der Waals surface area contributed by atoms with Crippen LogP contribution in [0.25, 0.3) is 0 Å². The number of hydrogen-bond acceptors (Lipinski definition) is 7. The Hall–Kier alpha value is -2.71. The molecule has 2 aromatic rings. The lowest BCUT2D eigenvalue weighted by atomic mass is 10.0. The van der Waals surface area contributed by atoms with Crippen LogP contribution in [-0.2, 0) is 11.3 Å². The van der Waals surface area contributed by atoms with Gasteiger partial charge in [0, 0.05) is 18.8 Å². The summed E-state index contributed by atoms with van der Waals surface area (Å²) in [6, 6.07) is 11.3. The minimum absolute atomic E-state index is 0.0195. The van der Waals surface area contributed by atoms with Crippen LogP contribution in [0.15, 0.2) is 36.5 Å². The van der Waals surface area contributed by atoms with Crippen molar-refractivity contribution in [1.29, 1.82) is 0 Å². The SMILES string of the molecule is CC(C)C1COC(=O)N1c1ccnc(N[C@@H](C)c2ccc(CN3CCC(N(C)C)CC3)cc2)n1. The van der Waals surface area contributed by atoms with Crippen LogP contribution in [0.5, 0.6) is 0 Å². The fourth-order valence-corrected chi connectivity index (χ4v) is 4.78. The van der Waals surface area contributed by atoms with Crippen LogP contribution in [0.2, 0.25) is 0 Å². The number of carbonyl (C=O) groups excluding carboxylic acids is 1. The summed E-state index contributed by atoms with van der Waals surface area (Å²) in [4.78, 5) is 27.8. The number of anilines is 2. The van der Waals surface area contributed by atoms with E-state index in [1.165, 1.54) is 24.0 Å². The largest absolute Gasteiger partial charge is 0.447 e. The Labute approximate surface area is 203 Å². The molecule has 2 fully saturated rings. The number of rotatable bonds is 8. The molecule has 4 rings (SSSR count). The van der Waals surface area contributed by atoms with Gasteiger partial charge in [-0.25, -0.2) is 9.78 Å². The van der Waals surface area contributed by atoms with Gasteiger partial charge in [0.25, 0.3) is 0 Å². The molecular weight excluding hydrogens is 428 g/mol. The van der Waals surface area contributed by atoms with E-state index in [0.717, 1.165) is 19.6 Å². The molecule has 1 aromatic carbocycles. The number of likely N-dealkylation sites (tertiary alicyclic amines) is 1. The molecule has 8 nitrogen and oxygen atoms in total. The van der Waals surface area contributed by atoms with Crippen molar-refractivity contribution < 1.29 is 9.53 Å². The summed E-state index contributed by atoms with van der Waals surface area (Å²) in [6.45, 7) is 9.94. The molecule has 1 aromatic heterocycles. The molecule has 34 heavy (non-hydrogen) atoms. The van der Waals surface area contributed by atoms with Crippen molar-refractivity contribution in [2.45, 2.75) is 58.3 Å². The highest BCUT2D eigenvalue weighted by atomic mass is 16.6. The fourth-order valence-electron chi connectivity index (χ4n) is 4.78.